The molecule has 1 aliphatic rings. The van der Waals surface area contributed by atoms with E-state index in [1.54, 1.807) is 43.3 Å². The van der Waals surface area contributed by atoms with Crippen molar-refractivity contribution in [1.82, 2.24) is 14.8 Å². The van der Waals surface area contributed by atoms with Gasteiger partial charge in [0.25, 0.3) is 0 Å². The predicted octanol–water partition coefficient (Wildman–Crippen LogP) is 4.12. The molecule has 2 aromatic carbocycles. The molecule has 1 saturated heterocycles. The number of rotatable bonds is 11. The molecule has 11 heteroatoms. The van der Waals surface area contributed by atoms with Crippen LogP contribution in [0.1, 0.15) is 35.9 Å². The Labute approximate surface area is 212 Å². The molecule has 36 heavy (non-hydrogen) atoms. The molecular weight excluding hydrogens is 485 g/mol. The zero-order valence-electron chi connectivity index (χ0n) is 19.9. The zero-order valence-corrected chi connectivity index (χ0v) is 20.7. The third-order valence-electron chi connectivity index (χ3n) is 5.51. The molecule has 1 atom stereocenters. The van der Waals surface area contributed by atoms with Crippen LogP contribution >= 0.6 is 11.8 Å². The molecule has 0 saturated carbocycles. The second kappa shape index (κ2) is 12.5. The Morgan fingerprint density at radius 1 is 1.14 bits per heavy atom. The fraction of sp³-hybridized carbons (Fsp3) is 0.360. The van der Waals surface area contributed by atoms with E-state index < -0.39 is 5.97 Å². The smallest absolute Gasteiger partial charge is 0.338 e. The highest BCUT2D eigenvalue weighted by Gasteiger charge is 2.21. The summed E-state index contributed by atoms with van der Waals surface area (Å²) in [5.74, 6) is -0.0710. The Morgan fingerprint density at radius 3 is 2.58 bits per heavy atom. The molecule has 0 unspecified atom stereocenters. The van der Waals surface area contributed by atoms with Crippen LogP contribution in [-0.2, 0) is 27.4 Å². The van der Waals surface area contributed by atoms with Crippen molar-refractivity contribution >= 4 is 35.0 Å². The van der Waals surface area contributed by atoms with Crippen molar-refractivity contribution in [3.05, 3.63) is 65.7 Å². The van der Waals surface area contributed by atoms with Gasteiger partial charge in [-0.1, -0.05) is 11.8 Å². The van der Waals surface area contributed by atoms with E-state index in [2.05, 4.69) is 20.8 Å². The number of halogens is 1. The summed E-state index contributed by atoms with van der Waals surface area (Å²) in [6, 6.07) is 12.7. The Balaban J connectivity index is 1.37. The van der Waals surface area contributed by atoms with Crippen molar-refractivity contribution < 1.29 is 23.5 Å². The van der Waals surface area contributed by atoms with Gasteiger partial charge in [0.05, 0.1) is 37.1 Å². The second-order valence-electron chi connectivity index (χ2n) is 8.14. The first-order chi connectivity index (χ1) is 17.5. The largest absolute Gasteiger partial charge is 0.462 e. The van der Waals surface area contributed by atoms with E-state index in [-0.39, 0.29) is 23.6 Å². The van der Waals surface area contributed by atoms with Gasteiger partial charge in [-0.15, -0.1) is 10.2 Å². The van der Waals surface area contributed by atoms with Crippen LogP contribution in [0.4, 0.5) is 15.8 Å². The molecule has 1 aromatic heterocycles. The number of nitrogens with zero attached hydrogens (tertiary/aromatic N) is 3. The van der Waals surface area contributed by atoms with Gasteiger partial charge in [-0.3, -0.25) is 4.79 Å². The number of hydrogen-bond donors (Lipinski definition) is 2. The number of carbonyl (C=O) groups excluding carboxylic acids is 2. The lowest BCUT2D eigenvalue weighted by molar-refractivity contribution is -0.113. The summed E-state index contributed by atoms with van der Waals surface area (Å²) in [4.78, 5) is 24.3. The zero-order chi connectivity index (χ0) is 25.3. The number of amides is 1. The van der Waals surface area contributed by atoms with Gasteiger partial charge in [0.15, 0.2) is 11.0 Å². The number of benzene rings is 2. The lowest BCUT2D eigenvalue weighted by Crippen LogP contribution is -2.20. The third-order valence-corrected chi connectivity index (χ3v) is 6.48. The second-order valence-corrected chi connectivity index (χ2v) is 9.08. The summed E-state index contributed by atoms with van der Waals surface area (Å²) in [7, 11) is 0. The molecular formula is C25H28FN5O4S. The van der Waals surface area contributed by atoms with E-state index in [1.807, 2.05) is 4.57 Å². The van der Waals surface area contributed by atoms with Crippen molar-refractivity contribution in [2.75, 3.05) is 29.6 Å². The number of aromatic nitrogens is 3. The Hall–Kier alpha value is -3.44. The highest BCUT2D eigenvalue weighted by molar-refractivity contribution is 7.99. The molecule has 0 radical (unpaired) electrons. The summed E-state index contributed by atoms with van der Waals surface area (Å²) in [6.45, 7) is 3.76. The van der Waals surface area contributed by atoms with Gasteiger partial charge in [-0.05, 0) is 68.3 Å². The molecule has 3 aromatic rings. The van der Waals surface area contributed by atoms with Gasteiger partial charge in [0.2, 0.25) is 5.91 Å². The molecule has 1 amide bonds. The lowest BCUT2D eigenvalue weighted by atomic mass is 10.2. The fourth-order valence-corrected chi connectivity index (χ4v) is 4.48. The van der Waals surface area contributed by atoms with Gasteiger partial charge in [-0.2, -0.15) is 0 Å². The van der Waals surface area contributed by atoms with Crippen molar-refractivity contribution in [3.63, 3.8) is 0 Å². The summed E-state index contributed by atoms with van der Waals surface area (Å²) in [6.07, 6.45) is 2.03. The number of carbonyl (C=O) groups is 2. The van der Waals surface area contributed by atoms with E-state index in [4.69, 9.17) is 9.47 Å². The standard InChI is InChI=1S/C25H28FN5O4S/c1-2-34-24(33)17-5-9-20(10-6-17)28-23(32)16-36-25-30-29-22(31(25)15-21-4-3-13-35-21)14-27-19-11-7-18(26)8-12-19/h5-12,21,27H,2-4,13-16H2,1H3,(H,28,32)/t21-/m1/s1. The molecule has 0 spiro atoms. The molecule has 0 aliphatic carbocycles. The average molecular weight is 514 g/mol. The van der Waals surface area contributed by atoms with E-state index in [0.717, 1.165) is 25.1 Å². The van der Waals surface area contributed by atoms with E-state index in [9.17, 15) is 14.0 Å². The molecule has 190 valence electrons. The topological polar surface area (TPSA) is 107 Å². The summed E-state index contributed by atoms with van der Waals surface area (Å²) in [5, 5.41) is 15.3. The van der Waals surface area contributed by atoms with Crippen LogP contribution in [0.25, 0.3) is 0 Å². The monoisotopic (exact) mass is 513 g/mol. The molecule has 4 rings (SSSR count). The van der Waals surface area contributed by atoms with Crippen LogP contribution in [0.3, 0.4) is 0 Å². The van der Waals surface area contributed by atoms with Crippen LogP contribution in [-0.4, -0.2) is 51.7 Å². The first kappa shape index (κ1) is 25.6. The first-order valence-electron chi connectivity index (χ1n) is 11.7. The lowest BCUT2D eigenvalue weighted by Gasteiger charge is -2.15. The van der Waals surface area contributed by atoms with Crippen LogP contribution < -0.4 is 10.6 Å². The van der Waals surface area contributed by atoms with Crippen LogP contribution in [0.15, 0.2) is 53.7 Å². The SMILES string of the molecule is CCOC(=O)c1ccc(NC(=O)CSc2nnc(CNc3ccc(F)cc3)n2C[C@H]2CCCO2)cc1. The number of thioether (sulfide) groups is 1. The number of anilines is 2. The molecule has 2 N–H and O–H groups in total. The van der Waals surface area contributed by atoms with Crippen LogP contribution in [0, 0.1) is 5.82 Å². The number of hydrogen-bond acceptors (Lipinski definition) is 8. The minimum atomic E-state index is -0.402. The molecule has 9 nitrogen and oxygen atoms in total. The third kappa shape index (κ3) is 7.05. The van der Waals surface area contributed by atoms with Crippen LogP contribution in [0.5, 0.6) is 0 Å². The maximum atomic E-state index is 13.2. The van der Waals surface area contributed by atoms with Gasteiger partial charge < -0.3 is 24.7 Å². The summed E-state index contributed by atoms with van der Waals surface area (Å²) in [5.41, 5.74) is 1.78. The highest BCUT2D eigenvalue weighted by Crippen LogP contribution is 2.22. The number of nitrogens with one attached hydrogen (secondary N) is 2. The maximum absolute atomic E-state index is 13.2. The molecule has 1 aliphatic heterocycles. The van der Waals surface area contributed by atoms with E-state index >= 15 is 0 Å². The number of ether oxygens (including phenoxy) is 2. The van der Waals surface area contributed by atoms with Gasteiger partial charge in [0.1, 0.15) is 5.82 Å². The predicted molar refractivity (Wildman–Crippen MR) is 134 cm³/mol. The molecule has 0 bridgehead atoms. The Morgan fingerprint density at radius 2 is 1.89 bits per heavy atom. The normalized spacial score (nSPS) is 15.0. The Bertz CT molecular complexity index is 1160. The average Bonchev–Trinajstić information content (AvgIpc) is 3.53. The molecule has 2 heterocycles. The van der Waals surface area contributed by atoms with E-state index in [1.165, 1.54) is 23.9 Å². The van der Waals surface area contributed by atoms with Crippen molar-refractivity contribution in [1.29, 1.82) is 0 Å². The van der Waals surface area contributed by atoms with Crippen molar-refractivity contribution in [2.45, 2.75) is 44.1 Å². The van der Waals surface area contributed by atoms with Crippen LogP contribution in [0.2, 0.25) is 0 Å². The number of esters is 1. The Kier molecular flexibility index (Phi) is 8.90. The summed E-state index contributed by atoms with van der Waals surface area (Å²) >= 11 is 1.29. The quantitative estimate of drug-likeness (QED) is 0.291. The maximum Gasteiger partial charge on any atom is 0.338 e. The van der Waals surface area contributed by atoms with Crippen molar-refractivity contribution in [2.24, 2.45) is 0 Å². The van der Waals surface area contributed by atoms with E-state index in [0.29, 0.717) is 41.9 Å². The minimum absolute atomic E-state index is 0.0664. The van der Waals surface area contributed by atoms with Crippen molar-refractivity contribution in [3.8, 4) is 0 Å². The summed E-state index contributed by atoms with van der Waals surface area (Å²) < 4.78 is 25.9. The van der Waals surface area contributed by atoms with Gasteiger partial charge in [0, 0.05) is 18.0 Å². The van der Waals surface area contributed by atoms with Gasteiger partial charge >= 0.3 is 5.97 Å². The highest BCUT2D eigenvalue weighted by atomic mass is 32.2. The molecule has 1 fully saturated rings. The minimum Gasteiger partial charge on any atom is -0.462 e. The fourth-order valence-electron chi connectivity index (χ4n) is 3.71. The van der Waals surface area contributed by atoms with Gasteiger partial charge in [-0.25, -0.2) is 9.18 Å². The first-order valence-corrected chi connectivity index (χ1v) is 12.7.